The summed E-state index contributed by atoms with van der Waals surface area (Å²) >= 11 is 1.64. The summed E-state index contributed by atoms with van der Waals surface area (Å²) in [6.07, 6.45) is -0.307. The molecule has 4 rings (SSSR count). The maximum atomic E-state index is 12.2. The van der Waals surface area contributed by atoms with E-state index >= 15 is 0 Å². The fourth-order valence-corrected chi connectivity index (χ4v) is 3.65. The van der Waals surface area contributed by atoms with Crippen molar-refractivity contribution in [1.82, 2.24) is 9.97 Å². The van der Waals surface area contributed by atoms with Gasteiger partial charge < -0.3 is 9.72 Å². The third kappa shape index (κ3) is 2.13. The van der Waals surface area contributed by atoms with Gasteiger partial charge in [-0.3, -0.25) is 4.90 Å². The zero-order valence-electron chi connectivity index (χ0n) is 13.2. The van der Waals surface area contributed by atoms with Crippen LogP contribution in [0.3, 0.4) is 0 Å². The summed E-state index contributed by atoms with van der Waals surface area (Å²) < 4.78 is 5.59. The van der Waals surface area contributed by atoms with Crippen molar-refractivity contribution < 1.29 is 9.53 Å². The van der Waals surface area contributed by atoms with Crippen molar-refractivity contribution in [3.8, 4) is 11.4 Å². The monoisotopic (exact) mass is 327 g/mol. The number of fused-ring (bicyclic) bond motifs is 2. The quantitative estimate of drug-likeness (QED) is 0.754. The molecule has 6 heteroatoms. The fraction of sp³-hybridized carbons (Fsp3) is 0.294. The van der Waals surface area contributed by atoms with Crippen LogP contribution >= 0.6 is 11.3 Å². The van der Waals surface area contributed by atoms with E-state index in [4.69, 9.17) is 4.74 Å². The van der Waals surface area contributed by atoms with Gasteiger partial charge in [0.05, 0.1) is 16.7 Å². The minimum absolute atomic E-state index is 0.307. The number of aromatic amines is 1. The highest BCUT2D eigenvalue weighted by atomic mass is 32.1. The molecule has 1 N–H and O–H groups in total. The molecule has 1 aliphatic rings. The number of thiophene rings is 1. The van der Waals surface area contributed by atoms with Crippen molar-refractivity contribution in [2.75, 3.05) is 11.4 Å². The van der Waals surface area contributed by atoms with E-state index in [0.29, 0.717) is 6.54 Å². The number of carbonyl (C=O) groups excluding carboxylic acids is 1. The van der Waals surface area contributed by atoms with Gasteiger partial charge in [-0.15, -0.1) is 0 Å². The molecule has 5 nitrogen and oxygen atoms in total. The van der Waals surface area contributed by atoms with E-state index in [0.717, 1.165) is 33.7 Å². The molecule has 3 aromatic rings. The number of hydrogen-bond acceptors (Lipinski definition) is 4. The molecular formula is C17H17N3O2S. The van der Waals surface area contributed by atoms with E-state index in [-0.39, 0.29) is 6.09 Å². The van der Waals surface area contributed by atoms with E-state index in [1.165, 1.54) is 0 Å². The molecule has 3 heterocycles. The van der Waals surface area contributed by atoms with Crippen molar-refractivity contribution in [3.05, 3.63) is 34.5 Å². The van der Waals surface area contributed by atoms with Crippen molar-refractivity contribution in [3.63, 3.8) is 0 Å². The SMILES string of the molecule is CCN1C(=O)OC(C)(C)c2cc3[nH]c(-c4ccsc4)nc3cc21. The van der Waals surface area contributed by atoms with Crippen LogP contribution in [-0.4, -0.2) is 22.6 Å². The van der Waals surface area contributed by atoms with E-state index in [1.54, 1.807) is 16.2 Å². The molecule has 0 bridgehead atoms. The topological polar surface area (TPSA) is 58.2 Å². The standard InChI is InChI=1S/C17H17N3O2S/c1-4-20-14-8-13-12(7-11(14)17(2,3)22-16(20)21)18-15(19-13)10-5-6-23-9-10/h5-9H,4H2,1-3H3,(H,18,19). The average molecular weight is 327 g/mol. The van der Waals surface area contributed by atoms with Gasteiger partial charge in [-0.2, -0.15) is 11.3 Å². The van der Waals surface area contributed by atoms with E-state index < -0.39 is 5.60 Å². The summed E-state index contributed by atoms with van der Waals surface area (Å²) in [5.74, 6) is 0.844. The Labute approximate surface area is 137 Å². The number of cyclic esters (lactones) is 1. The first-order chi connectivity index (χ1) is 11.0. The van der Waals surface area contributed by atoms with Crippen molar-refractivity contribution in [1.29, 1.82) is 0 Å². The molecule has 0 aliphatic carbocycles. The van der Waals surface area contributed by atoms with Crippen LogP contribution in [-0.2, 0) is 10.3 Å². The third-order valence-corrected chi connectivity index (χ3v) is 4.90. The van der Waals surface area contributed by atoms with Crippen molar-refractivity contribution >= 4 is 34.2 Å². The van der Waals surface area contributed by atoms with Gasteiger partial charge in [0, 0.05) is 23.1 Å². The van der Waals surface area contributed by atoms with Gasteiger partial charge in [0.15, 0.2) is 0 Å². The van der Waals surface area contributed by atoms with Crippen LogP contribution < -0.4 is 4.90 Å². The minimum atomic E-state index is -0.653. The zero-order chi connectivity index (χ0) is 16.2. The Morgan fingerprint density at radius 1 is 1.39 bits per heavy atom. The van der Waals surface area contributed by atoms with Crippen LogP contribution in [0, 0.1) is 0 Å². The second kappa shape index (κ2) is 4.83. The summed E-state index contributed by atoms with van der Waals surface area (Å²) in [5.41, 5.74) is 4.10. The van der Waals surface area contributed by atoms with Gasteiger partial charge >= 0.3 is 6.09 Å². The van der Waals surface area contributed by atoms with Gasteiger partial charge in [-0.1, -0.05) is 0 Å². The molecular weight excluding hydrogens is 310 g/mol. The number of nitrogens with zero attached hydrogens (tertiary/aromatic N) is 2. The Morgan fingerprint density at radius 3 is 2.91 bits per heavy atom. The van der Waals surface area contributed by atoms with Crippen LogP contribution in [0.4, 0.5) is 10.5 Å². The van der Waals surface area contributed by atoms with Gasteiger partial charge in [0.2, 0.25) is 0 Å². The highest BCUT2D eigenvalue weighted by Gasteiger charge is 2.38. The molecule has 0 saturated heterocycles. The number of hydrogen-bond donors (Lipinski definition) is 1. The lowest BCUT2D eigenvalue weighted by Gasteiger charge is -2.38. The Bertz CT molecular complexity index is 896. The first-order valence-electron chi connectivity index (χ1n) is 7.57. The largest absolute Gasteiger partial charge is 0.438 e. The Kier molecular flexibility index (Phi) is 2.99. The van der Waals surface area contributed by atoms with Crippen LogP contribution in [0.15, 0.2) is 29.0 Å². The van der Waals surface area contributed by atoms with Crippen LogP contribution in [0.25, 0.3) is 22.4 Å². The highest BCUT2D eigenvalue weighted by molar-refractivity contribution is 7.08. The number of nitrogens with one attached hydrogen (secondary N) is 1. The molecule has 1 aliphatic heterocycles. The normalized spacial score (nSPS) is 16.5. The number of rotatable bonds is 2. The number of aromatic nitrogens is 2. The second-order valence-corrected chi connectivity index (χ2v) is 6.89. The molecule has 1 amide bonds. The second-order valence-electron chi connectivity index (χ2n) is 6.11. The molecule has 118 valence electrons. The lowest BCUT2D eigenvalue weighted by atomic mass is 9.93. The molecule has 1 aromatic carbocycles. The highest BCUT2D eigenvalue weighted by Crippen LogP contribution is 2.41. The Hall–Kier alpha value is -2.34. The third-order valence-electron chi connectivity index (χ3n) is 4.21. The molecule has 0 spiro atoms. The minimum Gasteiger partial charge on any atom is -0.438 e. The molecule has 2 aromatic heterocycles. The first kappa shape index (κ1) is 14.3. The van der Waals surface area contributed by atoms with Crippen LogP contribution in [0.2, 0.25) is 0 Å². The summed E-state index contributed by atoms with van der Waals surface area (Å²) in [4.78, 5) is 21.9. The molecule has 23 heavy (non-hydrogen) atoms. The number of H-pyrrole nitrogens is 1. The van der Waals surface area contributed by atoms with E-state index in [1.807, 2.05) is 44.4 Å². The molecule has 0 saturated carbocycles. The van der Waals surface area contributed by atoms with E-state index in [9.17, 15) is 4.79 Å². The number of ether oxygens (including phenoxy) is 1. The summed E-state index contributed by atoms with van der Waals surface area (Å²) in [6.45, 7) is 6.33. The lowest BCUT2D eigenvalue weighted by Crippen LogP contribution is -2.43. The van der Waals surface area contributed by atoms with Gasteiger partial charge in [-0.05, 0) is 44.4 Å². The van der Waals surface area contributed by atoms with Gasteiger partial charge in [0.25, 0.3) is 0 Å². The van der Waals surface area contributed by atoms with Gasteiger partial charge in [-0.25, -0.2) is 9.78 Å². The van der Waals surface area contributed by atoms with Crippen LogP contribution in [0.1, 0.15) is 26.3 Å². The summed E-state index contributed by atoms with van der Waals surface area (Å²) in [7, 11) is 0. The first-order valence-corrected chi connectivity index (χ1v) is 8.51. The number of carbonyl (C=O) groups is 1. The molecule has 0 fully saturated rings. The predicted molar refractivity (Wildman–Crippen MR) is 91.9 cm³/mol. The lowest BCUT2D eigenvalue weighted by molar-refractivity contribution is 0.0354. The van der Waals surface area contributed by atoms with E-state index in [2.05, 4.69) is 15.3 Å². The van der Waals surface area contributed by atoms with Crippen molar-refractivity contribution in [2.45, 2.75) is 26.4 Å². The molecule has 0 radical (unpaired) electrons. The smallest absolute Gasteiger partial charge is 0.415 e. The number of anilines is 1. The molecule has 0 atom stereocenters. The summed E-state index contributed by atoms with van der Waals surface area (Å²) in [5, 5.41) is 4.09. The zero-order valence-corrected chi connectivity index (χ0v) is 14.0. The molecule has 0 unspecified atom stereocenters. The Balaban J connectivity index is 1.94. The fourth-order valence-electron chi connectivity index (χ4n) is 3.01. The number of amides is 1. The van der Waals surface area contributed by atoms with Crippen LogP contribution in [0.5, 0.6) is 0 Å². The maximum Gasteiger partial charge on any atom is 0.415 e. The Morgan fingerprint density at radius 2 is 2.22 bits per heavy atom. The summed E-state index contributed by atoms with van der Waals surface area (Å²) in [6, 6.07) is 6.06. The van der Waals surface area contributed by atoms with Gasteiger partial charge in [0.1, 0.15) is 11.4 Å². The number of imidazole rings is 1. The maximum absolute atomic E-state index is 12.2. The van der Waals surface area contributed by atoms with Crippen molar-refractivity contribution in [2.24, 2.45) is 0 Å². The average Bonchev–Trinajstić information content (AvgIpc) is 3.14. The predicted octanol–water partition coefficient (Wildman–Crippen LogP) is 4.50. The number of benzene rings is 1.